The van der Waals surface area contributed by atoms with Crippen LogP contribution in [-0.4, -0.2) is 25.7 Å². The molecular formula is C13H20N4OS. The Morgan fingerprint density at radius 1 is 1.42 bits per heavy atom. The first-order valence-corrected chi connectivity index (χ1v) is 7.60. The molecule has 1 atom stereocenters. The van der Waals surface area contributed by atoms with Crippen molar-refractivity contribution in [2.45, 2.75) is 45.9 Å². The molecule has 5 nitrogen and oxygen atoms in total. The van der Waals surface area contributed by atoms with Crippen LogP contribution in [0.3, 0.4) is 0 Å². The number of aryl methyl sites for hydroxylation is 4. The van der Waals surface area contributed by atoms with E-state index in [-0.39, 0.29) is 5.25 Å². The average molecular weight is 280 g/mol. The number of hydrogen-bond donors (Lipinski definition) is 0. The SMILES string of the molecule is CCc1noc(C(C)SCCn2nc(C)cc2C)n1. The van der Waals surface area contributed by atoms with Gasteiger partial charge in [0.25, 0.3) is 0 Å². The topological polar surface area (TPSA) is 56.7 Å². The first-order valence-electron chi connectivity index (χ1n) is 6.55. The van der Waals surface area contributed by atoms with Crippen LogP contribution in [0.25, 0.3) is 0 Å². The van der Waals surface area contributed by atoms with Gasteiger partial charge < -0.3 is 4.52 Å². The maximum atomic E-state index is 5.24. The van der Waals surface area contributed by atoms with Crippen LogP contribution in [0.2, 0.25) is 0 Å². The van der Waals surface area contributed by atoms with Crippen LogP contribution in [0.5, 0.6) is 0 Å². The molecule has 0 aliphatic carbocycles. The van der Waals surface area contributed by atoms with Crippen LogP contribution in [0.4, 0.5) is 0 Å². The van der Waals surface area contributed by atoms with E-state index in [4.69, 9.17) is 4.52 Å². The maximum absolute atomic E-state index is 5.24. The highest BCUT2D eigenvalue weighted by Crippen LogP contribution is 2.26. The molecule has 2 aromatic heterocycles. The van der Waals surface area contributed by atoms with E-state index in [9.17, 15) is 0 Å². The van der Waals surface area contributed by atoms with Crippen molar-refractivity contribution >= 4 is 11.8 Å². The highest BCUT2D eigenvalue weighted by atomic mass is 32.2. The van der Waals surface area contributed by atoms with E-state index in [1.807, 2.05) is 30.3 Å². The minimum absolute atomic E-state index is 0.227. The maximum Gasteiger partial charge on any atom is 0.239 e. The number of nitrogens with zero attached hydrogens (tertiary/aromatic N) is 4. The van der Waals surface area contributed by atoms with Crippen LogP contribution in [0.15, 0.2) is 10.6 Å². The van der Waals surface area contributed by atoms with Crippen LogP contribution < -0.4 is 0 Å². The fourth-order valence-electron chi connectivity index (χ4n) is 1.86. The van der Waals surface area contributed by atoms with Crippen LogP contribution >= 0.6 is 11.8 Å². The van der Waals surface area contributed by atoms with Gasteiger partial charge in [-0.2, -0.15) is 10.1 Å². The highest BCUT2D eigenvalue weighted by Gasteiger charge is 2.14. The third-order valence-corrected chi connectivity index (χ3v) is 4.04. The molecule has 0 aromatic carbocycles. The zero-order valence-corrected chi connectivity index (χ0v) is 12.7. The van der Waals surface area contributed by atoms with Crippen molar-refractivity contribution in [3.63, 3.8) is 0 Å². The van der Waals surface area contributed by atoms with Crippen molar-refractivity contribution in [3.8, 4) is 0 Å². The summed E-state index contributed by atoms with van der Waals surface area (Å²) < 4.78 is 7.29. The lowest BCUT2D eigenvalue weighted by molar-refractivity contribution is 0.375. The Morgan fingerprint density at radius 3 is 2.79 bits per heavy atom. The van der Waals surface area contributed by atoms with Crippen LogP contribution in [-0.2, 0) is 13.0 Å². The van der Waals surface area contributed by atoms with Gasteiger partial charge in [-0.05, 0) is 26.8 Å². The molecule has 2 aromatic rings. The Bertz CT molecular complexity index is 534. The number of aromatic nitrogens is 4. The van der Waals surface area contributed by atoms with Gasteiger partial charge in [0.2, 0.25) is 5.89 Å². The van der Waals surface area contributed by atoms with E-state index in [1.165, 1.54) is 5.69 Å². The smallest absolute Gasteiger partial charge is 0.239 e. The first-order chi connectivity index (χ1) is 9.10. The quantitative estimate of drug-likeness (QED) is 0.814. The molecule has 0 saturated heterocycles. The van der Waals surface area contributed by atoms with Gasteiger partial charge in [-0.3, -0.25) is 4.68 Å². The third-order valence-electron chi connectivity index (χ3n) is 2.92. The van der Waals surface area contributed by atoms with Gasteiger partial charge in [-0.15, -0.1) is 11.8 Å². The zero-order valence-electron chi connectivity index (χ0n) is 11.9. The zero-order chi connectivity index (χ0) is 13.8. The Balaban J connectivity index is 1.83. The Labute approximate surface area is 117 Å². The molecule has 2 heterocycles. The molecule has 0 aliphatic rings. The summed E-state index contributed by atoms with van der Waals surface area (Å²) in [6, 6.07) is 2.10. The van der Waals surface area contributed by atoms with Crippen molar-refractivity contribution in [2.75, 3.05) is 5.75 Å². The third kappa shape index (κ3) is 3.59. The van der Waals surface area contributed by atoms with Gasteiger partial charge in [0.05, 0.1) is 17.5 Å². The lowest BCUT2D eigenvalue weighted by Crippen LogP contribution is -2.05. The van der Waals surface area contributed by atoms with Crippen molar-refractivity contribution < 1.29 is 4.52 Å². The first kappa shape index (κ1) is 14.1. The molecule has 0 aliphatic heterocycles. The largest absolute Gasteiger partial charge is 0.338 e. The second-order valence-corrected chi connectivity index (χ2v) is 6.01. The summed E-state index contributed by atoms with van der Waals surface area (Å²) in [6.45, 7) is 9.13. The molecular weight excluding hydrogens is 260 g/mol. The fourth-order valence-corrected chi connectivity index (χ4v) is 2.73. The van der Waals surface area contributed by atoms with E-state index >= 15 is 0 Å². The van der Waals surface area contributed by atoms with Crippen LogP contribution in [0, 0.1) is 13.8 Å². The number of thioether (sulfide) groups is 1. The molecule has 0 radical (unpaired) electrons. The number of hydrogen-bond acceptors (Lipinski definition) is 5. The summed E-state index contributed by atoms with van der Waals surface area (Å²) in [4.78, 5) is 4.35. The number of rotatable bonds is 6. The van der Waals surface area contributed by atoms with Gasteiger partial charge in [0, 0.05) is 17.9 Å². The van der Waals surface area contributed by atoms with Gasteiger partial charge in [0.15, 0.2) is 5.82 Å². The minimum Gasteiger partial charge on any atom is -0.338 e. The van der Waals surface area contributed by atoms with Gasteiger partial charge in [-0.1, -0.05) is 12.1 Å². The van der Waals surface area contributed by atoms with E-state index < -0.39 is 0 Å². The fraction of sp³-hybridized carbons (Fsp3) is 0.615. The normalized spacial score (nSPS) is 12.8. The lowest BCUT2D eigenvalue weighted by Gasteiger charge is -2.07. The predicted octanol–water partition coefficient (Wildman–Crippen LogP) is 2.94. The van der Waals surface area contributed by atoms with Crippen LogP contribution in [0.1, 0.15) is 42.2 Å². The summed E-state index contributed by atoms with van der Waals surface area (Å²) in [5.74, 6) is 2.48. The molecule has 104 valence electrons. The van der Waals surface area contributed by atoms with E-state index in [0.29, 0.717) is 0 Å². The van der Waals surface area contributed by atoms with Crippen molar-refractivity contribution in [1.82, 2.24) is 19.9 Å². The standard InChI is InChI=1S/C13H20N4OS/c1-5-12-14-13(18-16-12)11(4)19-7-6-17-10(3)8-9(2)15-17/h8,11H,5-7H2,1-4H3. The molecule has 1 unspecified atom stereocenters. The lowest BCUT2D eigenvalue weighted by atomic mass is 10.4. The summed E-state index contributed by atoms with van der Waals surface area (Å²) in [5, 5.41) is 8.60. The average Bonchev–Trinajstić information content (AvgIpc) is 2.96. The molecule has 0 saturated carbocycles. The molecule has 0 bridgehead atoms. The summed E-state index contributed by atoms with van der Waals surface area (Å²) in [5.41, 5.74) is 2.27. The minimum atomic E-state index is 0.227. The van der Waals surface area contributed by atoms with Gasteiger partial charge >= 0.3 is 0 Å². The predicted molar refractivity (Wildman–Crippen MR) is 76.3 cm³/mol. The molecule has 19 heavy (non-hydrogen) atoms. The molecule has 0 fully saturated rings. The second-order valence-electron chi connectivity index (χ2n) is 4.57. The molecule has 0 N–H and O–H groups in total. The van der Waals surface area contributed by atoms with Crippen molar-refractivity contribution in [2.24, 2.45) is 0 Å². The van der Waals surface area contributed by atoms with Crippen molar-refractivity contribution in [3.05, 3.63) is 29.2 Å². The Kier molecular flexibility index (Phi) is 4.63. The summed E-state index contributed by atoms with van der Waals surface area (Å²) in [7, 11) is 0. The Hall–Kier alpha value is -1.30. The molecule has 0 amide bonds. The van der Waals surface area contributed by atoms with Gasteiger partial charge in [-0.25, -0.2) is 0 Å². The van der Waals surface area contributed by atoms with Gasteiger partial charge in [0.1, 0.15) is 0 Å². The van der Waals surface area contributed by atoms with E-state index in [0.717, 1.165) is 36.1 Å². The summed E-state index contributed by atoms with van der Waals surface area (Å²) in [6.07, 6.45) is 0.812. The summed E-state index contributed by atoms with van der Waals surface area (Å²) >= 11 is 1.81. The molecule has 6 heteroatoms. The highest BCUT2D eigenvalue weighted by molar-refractivity contribution is 7.99. The monoisotopic (exact) mass is 280 g/mol. The molecule has 2 rings (SSSR count). The molecule has 0 spiro atoms. The van der Waals surface area contributed by atoms with Crippen molar-refractivity contribution in [1.29, 1.82) is 0 Å². The van der Waals surface area contributed by atoms with E-state index in [1.54, 1.807) is 0 Å². The second kappa shape index (κ2) is 6.23. The Morgan fingerprint density at radius 2 is 2.21 bits per heavy atom. The van der Waals surface area contributed by atoms with E-state index in [2.05, 4.69) is 35.2 Å².